The van der Waals surface area contributed by atoms with E-state index >= 15 is 0 Å². The highest BCUT2D eigenvalue weighted by atomic mass is 16.3. The minimum atomic E-state index is -1.08. The van der Waals surface area contributed by atoms with E-state index in [1.165, 1.54) is 6.42 Å². The number of unbranched alkanes of at least 4 members (excludes halogenated alkanes) is 1. The number of hydrogen-bond acceptors (Lipinski definition) is 2. The Bertz CT molecular complexity index is 435. The Morgan fingerprint density at radius 1 is 1.29 bits per heavy atom. The number of fused-ring (bicyclic) bond motifs is 1. The average Bonchev–Trinajstić information content (AvgIpc) is 2.43. The summed E-state index contributed by atoms with van der Waals surface area (Å²) in [6.07, 6.45) is 12.7. The van der Waals surface area contributed by atoms with Gasteiger partial charge < -0.3 is 10.2 Å². The molecule has 2 aliphatic rings. The van der Waals surface area contributed by atoms with Gasteiger partial charge in [0.1, 0.15) is 11.7 Å². The lowest BCUT2D eigenvalue weighted by atomic mass is 9.59. The molecular formula is C19H32O2. The summed E-state index contributed by atoms with van der Waals surface area (Å²) in [5.74, 6) is 0. The number of aliphatic hydroxyl groups excluding tert-OH is 1. The molecule has 2 aliphatic carbocycles. The van der Waals surface area contributed by atoms with E-state index < -0.39 is 17.1 Å². The van der Waals surface area contributed by atoms with Gasteiger partial charge in [0.05, 0.1) is 0 Å². The fraction of sp³-hybridized carbons (Fsp3) is 0.789. The molecule has 3 atom stereocenters. The fourth-order valence-electron chi connectivity index (χ4n) is 4.07. The van der Waals surface area contributed by atoms with Crippen LogP contribution < -0.4 is 0 Å². The topological polar surface area (TPSA) is 40.5 Å². The molecule has 0 fully saturated rings. The number of rotatable bonds is 3. The van der Waals surface area contributed by atoms with Gasteiger partial charge in [-0.15, -0.1) is 0 Å². The van der Waals surface area contributed by atoms with Crippen molar-refractivity contribution in [2.45, 2.75) is 84.3 Å². The van der Waals surface area contributed by atoms with Crippen LogP contribution in [0.3, 0.4) is 0 Å². The lowest BCUT2D eigenvalue weighted by Gasteiger charge is -2.50. The van der Waals surface area contributed by atoms with Crippen molar-refractivity contribution in [3.05, 3.63) is 23.8 Å². The Morgan fingerprint density at radius 3 is 2.67 bits per heavy atom. The molecule has 2 rings (SSSR count). The Balaban J connectivity index is 2.48. The summed E-state index contributed by atoms with van der Waals surface area (Å²) in [7, 11) is 0. The van der Waals surface area contributed by atoms with Crippen LogP contribution >= 0.6 is 0 Å². The van der Waals surface area contributed by atoms with E-state index in [2.05, 4.69) is 45.9 Å². The highest BCUT2D eigenvalue weighted by Crippen LogP contribution is 2.51. The van der Waals surface area contributed by atoms with Gasteiger partial charge in [-0.3, -0.25) is 0 Å². The summed E-state index contributed by atoms with van der Waals surface area (Å²) >= 11 is 0. The van der Waals surface area contributed by atoms with Crippen molar-refractivity contribution in [2.75, 3.05) is 0 Å². The van der Waals surface area contributed by atoms with Gasteiger partial charge in [-0.1, -0.05) is 58.8 Å². The minimum absolute atomic E-state index is 0.00482. The maximum atomic E-state index is 11.4. The third kappa shape index (κ3) is 2.85. The quantitative estimate of drug-likeness (QED) is 0.758. The van der Waals surface area contributed by atoms with Crippen LogP contribution in [0, 0.1) is 10.8 Å². The van der Waals surface area contributed by atoms with Crippen molar-refractivity contribution in [1.82, 2.24) is 0 Å². The predicted molar refractivity (Wildman–Crippen MR) is 88.1 cm³/mol. The van der Waals surface area contributed by atoms with Crippen LogP contribution in [-0.4, -0.2) is 21.9 Å². The first kappa shape index (κ1) is 16.8. The summed E-state index contributed by atoms with van der Waals surface area (Å²) < 4.78 is 0. The molecule has 0 aromatic heterocycles. The SMILES string of the molecule is CCCC[C@@]1(O)[C@@H](O)C2=CCCC[C@@]2(C)C/C=C\C1(C)C. The van der Waals surface area contributed by atoms with E-state index in [0.717, 1.165) is 37.7 Å². The Hall–Kier alpha value is -0.600. The maximum absolute atomic E-state index is 11.4. The standard InChI is InChI=1S/C19H32O2/c1-5-6-14-19(21)16(20)15-10-7-8-12-18(15,4)13-9-11-17(19,2)3/h9-11,16,20-21H,5-8,12-14H2,1-4H3/b11-9-/t16-,18-,19+/m0/s1. The highest BCUT2D eigenvalue weighted by molar-refractivity contribution is 5.30. The van der Waals surface area contributed by atoms with Crippen molar-refractivity contribution < 1.29 is 10.2 Å². The molecule has 0 heterocycles. The van der Waals surface area contributed by atoms with Gasteiger partial charge in [0.25, 0.3) is 0 Å². The Morgan fingerprint density at radius 2 is 2.00 bits per heavy atom. The van der Waals surface area contributed by atoms with E-state index in [0.29, 0.717) is 6.42 Å². The van der Waals surface area contributed by atoms with Crippen LogP contribution in [0.5, 0.6) is 0 Å². The zero-order valence-corrected chi connectivity index (χ0v) is 14.2. The van der Waals surface area contributed by atoms with Gasteiger partial charge in [0, 0.05) is 5.41 Å². The van der Waals surface area contributed by atoms with Crippen LogP contribution in [0.1, 0.15) is 72.6 Å². The monoisotopic (exact) mass is 292 g/mol. The number of allylic oxidation sites excluding steroid dienone is 2. The average molecular weight is 292 g/mol. The minimum Gasteiger partial charge on any atom is -0.386 e. The van der Waals surface area contributed by atoms with E-state index in [1.807, 2.05) is 0 Å². The Labute approximate surface area is 130 Å². The van der Waals surface area contributed by atoms with Crippen LogP contribution in [0.25, 0.3) is 0 Å². The third-order valence-corrected chi connectivity index (χ3v) is 5.87. The molecule has 2 heteroatoms. The van der Waals surface area contributed by atoms with E-state index in [9.17, 15) is 10.2 Å². The van der Waals surface area contributed by atoms with Crippen LogP contribution in [0.2, 0.25) is 0 Å². The molecule has 2 N–H and O–H groups in total. The van der Waals surface area contributed by atoms with Gasteiger partial charge in [0.2, 0.25) is 0 Å². The molecule has 0 unspecified atom stereocenters. The van der Waals surface area contributed by atoms with Crippen LogP contribution in [0.4, 0.5) is 0 Å². The first-order valence-electron chi connectivity index (χ1n) is 8.55. The molecular weight excluding hydrogens is 260 g/mol. The smallest absolute Gasteiger partial charge is 0.105 e. The largest absolute Gasteiger partial charge is 0.386 e. The van der Waals surface area contributed by atoms with Crippen LogP contribution in [-0.2, 0) is 0 Å². The summed E-state index contributed by atoms with van der Waals surface area (Å²) in [6.45, 7) is 8.47. The molecule has 0 aliphatic heterocycles. The molecule has 2 nitrogen and oxygen atoms in total. The lowest BCUT2D eigenvalue weighted by molar-refractivity contribution is -0.131. The Kier molecular flexibility index (Phi) is 4.70. The van der Waals surface area contributed by atoms with Crippen molar-refractivity contribution in [2.24, 2.45) is 10.8 Å². The number of aliphatic hydroxyl groups is 2. The van der Waals surface area contributed by atoms with E-state index in [1.54, 1.807) is 0 Å². The van der Waals surface area contributed by atoms with Crippen molar-refractivity contribution in [3.8, 4) is 0 Å². The van der Waals surface area contributed by atoms with Crippen molar-refractivity contribution in [3.63, 3.8) is 0 Å². The maximum Gasteiger partial charge on any atom is 0.105 e. The molecule has 0 saturated carbocycles. The van der Waals surface area contributed by atoms with Gasteiger partial charge in [-0.05, 0) is 43.1 Å². The van der Waals surface area contributed by atoms with Gasteiger partial charge >= 0.3 is 0 Å². The molecule has 0 spiro atoms. The second-order valence-corrected chi connectivity index (χ2v) is 7.87. The van der Waals surface area contributed by atoms with E-state index in [-0.39, 0.29) is 5.41 Å². The summed E-state index contributed by atoms with van der Waals surface area (Å²) in [6, 6.07) is 0. The normalized spacial score (nSPS) is 40.7. The third-order valence-electron chi connectivity index (χ3n) is 5.87. The number of hydrogen-bond donors (Lipinski definition) is 2. The van der Waals surface area contributed by atoms with Gasteiger partial charge in [0.15, 0.2) is 0 Å². The first-order chi connectivity index (χ1) is 9.77. The van der Waals surface area contributed by atoms with Crippen molar-refractivity contribution in [1.29, 1.82) is 0 Å². The molecule has 0 aromatic carbocycles. The summed E-state index contributed by atoms with van der Waals surface area (Å²) in [5.41, 5.74) is -0.416. The zero-order chi connectivity index (χ0) is 15.7. The summed E-state index contributed by atoms with van der Waals surface area (Å²) in [4.78, 5) is 0. The summed E-state index contributed by atoms with van der Waals surface area (Å²) in [5, 5.41) is 22.5. The van der Waals surface area contributed by atoms with Gasteiger partial charge in [-0.25, -0.2) is 0 Å². The zero-order valence-electron chi connectivity index (χ0n) is 14.2. The van der Waals surface area contributed by atoms with Crippen molar-refractivity contribution >= 4 is 0 Å². The molecule has 0 aromatic rings. The van der Waals surface area contributed by atoms with Crippen LogP contribution in [0.15, 0.2) is 23.8 Å². The second-order valence-electron chi connectivity index (χ2n) is 7.87. The lowest BCUT2D eigenvalue weighted by Crippen LogP contribution is -2.56. The molecule has 0 bridgehead atoms. The van der Waals surface area contributed by atoms with E-state index in [4.69, 9.17) is 0 Å². The predicted octanol–water partition coefficient (Wildman–Crippen LogP) is 4.37. The first-order valence-corrected chi connectivity index (χ1v) is 8.55. The molecule has 0 amide bonds. The molecule has 0 saturated heterocycles. The van der Waals surface area contributed by atoms with Gasteiger partial charge in [-0.2, -0.15) is 0 Å². The highest BCUT2D eigenvalue weighted by Gasteiger charge is 2.52. The second kappa shape index (κ2) is 5.89. The molecule has 0 radical (unpaired) electrons. The molecule has 120 valence electrons. The molecule has 21 heavy (non-hydrogen) atoms. The fourth-order valence-corrected chi connectivity index (χ4v) is 4.07.